The van der Waals surface area contributed by atoms with Crippen molar-refractivity contribution in [1.29, 1.82) is 0 Å². The molecule has 0 aromatic carbocycles. The minimum absolute atomic E-state index is 0.186. The molecule has 1 aromatic rings. The molecule has 5 heteroatoms. The number of amides is 1. The lowest BCUT2D eigenvalue weighted by atomic mass is 10.2. The van der Waals surface area contributed by atoms with Crippen LogP contribution in [0.25, 0.3) is 6.08 Å². The van der Waals surface area contributed by atoms with Crippen LogP contribution in [-0.2, 0) is 4.79 Å². The number of hydrogen-bond acceptors (Lipinski definition) is 3. The summed E-state index contributed by atoms with van der Waals surface area (Å²) < 4.78 is 0. The molecule has 0 spiro atoms. The van der Waals surface area contributed by atoms with E-state index in [1.54, 1.807) is 26.2 Å². The van der Waals surface area contributed by atoms with Gasteiger partial charge in [-0.25, -0.2) is 4.79 Å². The van der Waals surface area contributed by atoms with Gasteiger partial charge in [0, 0.05) is 26.4 Å². The highest BCUT2D eigenvalue weighted by Crippen LogP contribution is 2.04. The molecule has 0 saturated carbocycles. The third-order valence-electron chi connectivity index (χ3n) is 1.83. The van der Waals surface area contributed by atoms with Crippen molar-refractivity contribution in [2.24, 2.45) is 0 Å². The zero-order chi connectivity index (χ0) is 12.1. The molecule has 1 N–H and O–H groups in total. The molecule has 84 valence electrons. The molecule has 1 heterocycles. The number of hydrogen-bond donors (Lipinski definition) is 1. The fourth-order valence-electron chi connectivity index (χ4n) is 1.03. The smallest absolute Gasteiger partial charge is 0.328 e. The second-order valence-corrected chi connectivity index (χ2v) is 3.35. The van der Waals surface area contributed by atoms with Gasteiger partial charge in [-0.15, -0.1) is 0 Å². The van der Waals surface area contributed by atoms with Crippen molar-refractivity contribution < 1.29 is 14.7 Å². The van der Waals surface area contributed by atoms with E-state index in [2.05, 4.69) is 4.98 Å². The van der Waals surface area contributed by atoms with Crippen LogP contribution < -0.4 is 0 Å². The second kappa shape index (κ2) is 5.06. The standard InChI is InChI=1S/C11H12N2O3/c1-13(2)11(16)9-5-3-8(7-12-9)4-6-10(14)15/h3-7H,1-2H3,(H,14,15). The molecular formula is C11H12N2O3. The fourth-order valence-corrected chi connectivity index (χ4v) is 1.03. The largest absolute Gasteiger partial charge is 0.478 e. The summed E-state index contributed by atoms with van der Waals surface area (Å²) in [5.41, 5.74) is 0.968. The Labute approximate surface area is 93.0 Å². The molecule has 0 aliphatic rings. The van der Waals surface area contributed by atoms with E-state index in [9.17, 15) is 9.59 Å². The lowest BCUT2D eigenvalue weighted by Crippen LogP contribution is -2.22. The highest BCUT2D eigenvalue weighted by molar-refractivity contribution is 5.92. The van der Waals surface area contributed by atoms with Crippen LogP contribution in [0.3, 0.4) is 0 Å². The molecule has 0 fully saturated rings. The Hall–Kier alpha value is -2.17. The molecule has 0 aliphatic carbocycles. The quantitative estimate of drug-likeness (QED) is 0.768. The Kier molecular flexibility index (Phi) is 3.77. The Morgan fingerprint density at radius 1 is 1.38 bits per heavy atom. The molecule has 1 rings (SSSR count). The van der Waals surface area contributed by atoms with Gasteiger partial charge in [0.1, 0.15) is 5.69 Å². The lowest BCUT2D eigenvalue weighted by Gasteiger charge is -2.08. The van der Waals surface area contributed by atoms with Gasteiger partial charge in [-0.05, 0) is 17.7 Å². The summed E-state index contributed by atoms with van der Waals surface area (Å²) in [5.74, 6) is -1.21. The van der Waals surface area contributed by atoms with Gasteiger partial charge in [-0.2, -0.15) is 0 Å². The number of aromatic nitrogens is 1. The van der Waals surface area contributed by atoms with Crippen molar-refractivity contribution in [1.82, 2.24) is 9.88 Å². The number of carbonyl (C=O) groups excluding carboxylic acids is 1. The molecule has 1 amide bonds. The second-order valence-electron chi connectivity index (χ2n) is 3.35. The SMILES string of the molecule is CN(C)C(=O)c1ccc(C=CC(=O)O)cn1. The van der Waals surface area contributed by atoms with E-state index >= 15 is 0 Å². The summed E-state index contributed by atoms with van der Waals surface area (Å²) >= 11 is 0. The van der Waals surface area contributed by atoms with Gasteiger partial charge >= 0.3 is 5.97 Å². The average molecular weight is 220 g/mol. The van der Waals surface area contributed by atoms with E-state index in [1.165, 1.54) is 17.2 Å². The first kappa shape index (κ1) is 11.9. The van der Waals surface area contributed by atoms with Crippen LogP contribution in [0.1, 0.15) is 16.1 Å². The third-order valence-corrected chi connectivity index (χ3v) is 1.83. The zero-order valence-electron chi connectivity index (χ0n) is 9.04. The Bertz CT molecular complexity index is 421. The maximum absolute atomic E-state index is 11.5. The maximum Gasteiger partial charge on any atom is 0.328 e. The summed E-state index contributed by atoms with van der Waals surface area (Å²) in [6.07, 6.45) is 3.89. The summed E-state index contributed by atoms with van der Waals surface area (Å²) in [6, 6.07) is 3.20. The van der Waals surface area contributed by atoms with Crippen LogP contribution >= 0.6 is 0 Å². The predicted octanol–water partition coefficient (Wildman–Crippen LogP) is 0.881. The topological polar surface area (TPSA) is 70.5 Å². The molecule has 0 bridgehead atoms. The number of pyridine rings is 1. The van der Waals surface area contributed by atoms with E-state index < -0.39 is 5.97 Å². The van der Waals surface area contributed by atoms with Gasteiger partial charge in [0.15, 0.2) is 0 Å². The van der Waals surface area contributed by atoms with Crippen molar-refractivity contribution in [2.45, 2.75) is 0 Å². The maximum atomic E-state index is 11.5. The fraction of sp³-hybridized carbons (Fsp3) is 0.182. The molecule has 0 saturated heterocycles. The van der Waals surface area contributed by atoms with Crippen molar-refractivity contribution in [2.75, 3.05) is 14.1 Å². The molecule has 0 aliphatic heterocycles. The number of rotatable bonds is 3. The van der Waals surface area contributed by atoms with Gasteiger partial charge in [-0.3, -0.25) is 9.78 Å². The van der Waals surface area contributed by atoms with Gasteiger partial charge < -0.3 is 10.0 Å². The van der Waals surface area contributed by atoms with Crippen molar-refractivity contribution in [3.8, 4) is 0 Å². The molecular weight excluding hydrogens is 208 g/mol. The van der Waals surface area contributed by atoms with Gasteiger partial charge in [-0.1, -0.05) is 6.07 Å². The van der Waals surface area contributed by atoms with E-state index in [0.717, 1.165) is 6.08 Å². The van der Waals surface area contributed by atoms with E-state index in [1.807, 2.05) is 0 Å². The summed E-state index contributed by atoms with van der Waals surface area (Å²) in [4.78, 5) is 27.1. The minimum Gasteiger partial charge on any atom is -0.478 e. The van der Waals surface area contributed by atoms with Gasteiger partial charge in [0.05, 0.1) is 0 Å². The van der Waals surface area contributed by atoms with Crippen LogP contribution in [-0.4, -0.2) is 41.0 Å². The van der Waals surface area contributed by atoms with Crippen LogP contribution in [0.4, 0.5) is 0 Å². The zero-order valence-corrected chi connectivity index (χ0v) is 9.04. The Balaban J connectivity index is 2.83. The van der Waals surface area contributed by atoms with Crippen molar-refractivity contribution in [3.63, 3.8) is 0 Å². The lowest BCUT2D eigenvalue weighted by molar-refractivity contribution is -0.131. The van der Waals surface area contributed by atoms with Gasteiger partial charge in [0.2, 0.25) is 0 Å². The monoisotopic (exact) mass is 220 g/mol. The summed E-state index contributed by atoms with van der Waals surface area (Å²) in [7, 11) is 3.28. The number of aliphatic carboxylic acids is 1. The predicted molar refractivity (Wildman–Crippen MR) is 58.9 cm³/mol. The van der Waals surface area contributed by atoms with Crippen LogP contribution in [0.2, 0.25) is 0 Å². The van der Waals surface area contributed by atoms with Crippen LogP contribution in [0.5, 0.6) is 0 Å². The first-order valence-electron chi connectivity index (χ1n) is 4.59. The third kappa shape index (κ3) is 3.20. The molecule has 16 heavy (non-hydrogen) atoms. The normalized spacial score (nSPS) is 10.4. The number of carboxylic acid groups (broad SMARTS) is 1. The first-order chi connectivity index (χ1) is 7.50. The average Bonchev–Trinajstić information content (AvgIpc) is 2.26. The van der Waals surface area contributed by atoms with E-state index in [-0.39, 0.29) is 5.91 Å². The summed E-state index contributed by atoms with van der Waals surface area (Å²) in [5, 5.41) is 8.42. The number of carbonyl (C=O) groups is 2. The summed E-state index contributed by atoms with van der Waals surface area (Å²) in [6.45, 7) is 0. The van der Waals surface area contributed by atoms with Crippen molar-refractivity contribution in [3.05, 3.63) is 35.7 Å². The molecule has 1 aromatic heterocycles. The number of carboxylic acids is 1. The molecule has 0 atom stereocenters. The first-order valence-corrected chi connectivity index (χ1v) is 4.59. The van der Waals surface area contributed by atoms with Crippen LogP contribution in [0, 0.1) is 0 Å². The number of nitrogens with zero attached hydrogens (tertiary/aromatic N) is 2. The highest BCUT2D eigenvalue weighted by atomic mass is 16.4. The molecule has 0 unspecified atom stereocenters. The highest BCUT2D eigenvalue weighted by Gasteiger charge is 2.08. The van der Waals surface area contributed by atoms with Crippen LogP contribution in [0.15, 0.2) is 24.4 Å². The molecule has 0 radical (unpaired) electrons. The van der Waals surface area contributed by atoms with Gasteiger partial charge in [0.25, 0.3) is 5.91 Å². The minimum atomic E-state index is -1.02. The van der Waals surface area contributed by atoms with E-state index in [0.29, 0.717) is 11.3 Å². The molecule has 5 nitrogen and oxygen atoms in total. The Morgan fingerprint density at radius 3 is 2.50 bits per heavy atom. The Morgan fingerprint density at radius 2 is 2.06 bits per heavy atom. The van der Waals surface area contributed by atoms with Crippen molar-refractivity contribution >= 4 is 18.0 Å². The van der Waals surface area contributed by atoms with E-state index in [4.69, 9.17) is 5.11 Å².